The maximum Gasteiger partial charge on any atom is 0.109 e. The van der Waals surface area contributed by atoms with Crippen LogP contribution in [0.4, 0.5) is 0 Å². The molecule has 1 nitrogen and oxygen atoms in total. The number of aryl methyl sites for hydroxylation is 1. The van der Waals surface area contributed by atoms with E-state index in [0.717, 1.165) is 5.15 Å². The number of hydrogen-bond acceptors (Lipinski definition) is 0. The van der Waals surface area contributed by atoms with Gasteiger partial charge in [-0.2, -0.15) is 0 Å². The highest BCUT2D eigenvalue weighted by atomic mass is 35.5. The van der Waals surface area contributed by atoms with Crippen molar-refractivity contribution in [3.05, 3.63) is 35.0 Å². The molecule has 0 atom stereocenters. The van der Waals surface area contributed by atoms with Gasteiger partial charge in [0.15, 0.2) is 0 Å². The fourth-order valence-electron chi connectivity index (χ4n) is 1.69. The second-order valence-corrected chi connectivity index (χ2v) is 4.39. The Hall–Kier alpha value is -0.950. The van der Waals surface area contributed by atoms with E-state index in [2.05, 4.69) is 32.0 Å². The minimum atomic E-state index is 0.568. The van der Waals surface area contributed by atoms with E-state index >= 15 is 0 Å². The van der Waals surface area contributed by atoms with Crippen molar-refractivity contribution in [2.45, 2.75) is 19.8 Å². The number of benzene rings is 1. The fourth-order valence-corrected chi connectivity index (χ4v) is 1.90. The lowest BCUT2D eigenvalue weighted by Crippen LogP contribution is -1.88. The summed E-state index contributed by atoms with van der Waals surface area (Å²) >= 11 is 6.05. The van der Waals surface area contributed by atoms with Crippen molar-refractivity contribution in [1.82, 2.24) is 4.57 Å². The smallest absolute Gasteiger partial charge is 0.109 e. The van der Waals surface area contributed by atoms with E-state index in [-0.39, 0.29) is 0 Å². The standard InChI is InChI=1S/C12H14ClN/c1-8(2)9-4-5-11-10(6-9)7-12(13)14(11)3/h4-8H,1-3H3. The van der Waals surface area contributed by atoms with Gasteiger partial charge in [0.25, 0.3) is 0 Å². The van der Waals surface area contributed by atoms with Crippen LogP contribution in [0.1, 0.15) is 25.3 Å². The summed E-state index contributed by atoms with van der Waals surface area (Å²) in [7, 11) is 1.99. The van der Waals surface area contributed by atoms with Crippen LogP contribution in [0, 0.1) is 0 Å². The van der Waals surface area contributed by atoms with Crippen LogP contribution in [0.15, 0.2) is 24.3 Å². The third kappa shape index (κ3) is 1.42. The molecule has 0 aliphatic carbocycles. The number of fused-ring (bicyclic) bond motifs is 1. The Labute approximate surface area is 89.3 Å². The Morgan fingerprint density at radius 3 is 2.57 bits per heavy atom. The van der Waals surface area contributed by atoms with E-state index in [0.29, 0.717) is 5.92 Å². The maximum absolute atomic E-state index is 6.05. The van der Waals surface area contributed by atoms with Gasteiger partial charge in [-0.3, -0.25) is 0 Å². The van der Waals surface area contributed by atoms with Gasteiger partial charge < -0.3 is 4.57 Å². The van der Waals surface area contributed by atoms with Crippen LogP contribution in [0.3, 0.4) is 0 Å². The van der Waals surface area contributed by atoms with Crippen molar-refractivity contribution in [3.8, 4) is 0 Å². The number of hydrogen-bond donors (Lipinski definition) is 0. The van der Waals surface area contributed by atoms with Gasteiger partial charge >= 0.3 is 0 Å². The molecule has 2 heteroatoms. The van der Waals surface area contributed by atoms with E-state index in [4.69, 9.17) is 11.6 Å². The highest BCUT2D eigenvalue weighted by molar-refractivity contribution is 6.30. The van der Waals surface area contributed by atoms with Gasteiger partial charge in [-0.25, -0.2) is 0 Å². The predicted octanol–water partition coefficient (Wildman–Crippen LogP) is 3.96. The summed E-state index contributed by atoms with van der Waals surface area (Å²) in [5.74, 6) is 0.568. The van der Waals surface area contributed by atoms with E-state index < -0.39 is 0 Å². The number of aromatic nitrogens is 1. The van der Waals surface area contributed by atoms with E-state index in [1.165, 1.54) is 16.5 Å². The van der Waals surface area contributed by atoms with Crippen molar-refractivity contribution in [1.29, 1.82) is 0 Å². The first-order chi connectivity index (χ1) is 6.59. The molecule has 2 aromatic rings. The second kappa shape index (κ2) is 3.32. The quantitative estimate of drug-likeness (QED) is 0.667. The van der Waals surface area contributed by atoms with Gasteiger partial charge in [-0.05, 0) is 29.7 Å². The molecule has 1 aromatic carbocycles. The first-order valence-corrected chi connectivity index (χ1v) is 5.22. The van der Waals surface area contributed by atoms with Crippen LogP contribution in [-0.2, 0) is 7.05 Å². The molecule has 0 aliphatic heterocycles. The molecule has 0 N–H and O–H groups in total. The van der Waals surface area contributed by atoms with Crippen LogP contribution in [0.25, 0.3) is 10.9 Å². The van der Waals surface area contributed by atoms with Gasteiger partial charge in [0.2, 0.25) is 0 Å². The largest absolute Gasteiger partial charge is 0.335 e. The third-order valence-corrected chi connectivity index (χ3v) is 3.04. The lowest BCUT2D eigenvalue weighted by Gasteiger charge is -2.05. The van der Waals surface area contributed by atoms with Crippen LogP contribution in [0.2, 0.25) is 5.15 Å². The molecule has 0 bridgehead atoms. The van der Waals surface area contributed by atoms with Crippen molar-refractivity contribution in [2.24, 2.45) is 7.05 Å². The summed E-state index contributed by atoms with van der Waals surface area (Å²) in [5.41, 5.74) is 2.55. The molecule has 0 spiro atoms. The van der Waals surface area contributed by atoms with E-state index in [1.807, 2.05) is 17.7 Å². The Balaban J connectivity index is 2.67. The van der Waals surface area contributed by atoms with E-state index in [9.17, 15) is 0 Å². The maximum atomic E-state index is 6.05. The highest BCUT2D eigenvalue weighted by Crippen LogP contribution is 2.25. The second-order valence-electron chi connectivity index (χ2n) is 4.00. The summed E-state index contributed by atoms with van der Waals surface area (Å²) in [4.78, 5) is 0. The third-order valence-electron chi connectivity index (χ3n) is 2.67. The molecule has 0 radical (unpaired) electrons. The minimum absolute atomic E-state index is 0.568. The average Bonchev–Trinajstić information content (AvgIpc) is 2.42. The number of nitrogens with zero attached hydrogens (tertiary/aromatic N) is 1. The summed E-state index contributed by atoms with van der Waals surface area (Å²) in [6.45, 7) is 4.40. The molecule has 1 heterocycles. The van der Waals surface area contributed by atoms with Crippen LogP contribution < -0.4 is 0 Å². The Bertz CT molecular complexity index is 468. The van der Waals surface area contributed by atoms with Crippen LogP contribution in [-0.4, -0.2) is 4.57 Å². The van der Waals surface area contributed by atoms with Crippen molar-refractivity contribution in [3.63, 3.8) is 0 Å². The molecule has 74 valence electrons. The molecular formula is C12H14ClN. The van der Waals surface area contributed by atoms with Crippen LogP contribution in [0.5, 0.6) is 0 Å². The zero-order valence-corrected chi connectivity index (χ0v) is 9.47. The highest BCUT2D eigenvalue weighted by Gasteiger charge is 2.05. The lowest BCUT2D eigenvalue weighted by molar-refractivity contribution is 0.868. The zero-order valence-electron chi connectivity index (χ0n) is 8.71. The molecule has 0 saturated heterocycles. The normalized spacial score (nSPS) is 11.5. The molecule has 0 saturated carbocycles. The van der Waals surface area contributed by atoms with Gasteiger partial charge in [0.05, 0.1) is 0 Å². The van der Waals surface area contributed by atoms with Crippen LogP contribution >= 0.6 is 11.6 Å². The summed E-state index contributed by atoms with van der Waals surface area (Å²) < 4.78 is 2.00. The molecule has 0 amide bonds. The topological polar surface area (TPSA) is 4.93 Å². The number of rotatable bonds is 1. The molecule has 14 heavy (non-hydrogen) atoms. The Morgan fingerprint density at radius 2 is 1.93 bits per heavy atom. The van der Waals surface area contributed by atoms with Gasteiger partial charge in [-0.1, -0.05) is 31.5 Å². The molecule has 0 aliphatic rings. The van der Waals surface area contributed by atoms with Gasteiger partial charge in [-0.15, -0.1) is 0 Å². The number of halogens is 1. The molecule has 0 fully saturated rings. The minimum Gasteiger partial charge on any atom is -0.335 e. The van der Waals surface area contributed by atoms with E-state index in [1.54, 1.807) is 0 Å². The summed E-state index contributed by atoms with van der Waals surface area (Å²) in [6.07, 6.45) is 0. The SMILES string of the molecule is CC(C)c1ccc2c(c1)cc(Cl)n2C. The Morgan fingerprint density at radius 1 is 1.21 bits per heavy atom. The zero-order chi connectivity index (χ0) is 10.3. The lowest BCUT2D eigenvalue weighted by atomic mass is 10.0. The fraction of sp³-hybridized carbons (Fsp3) is 0.333. The van der Waals surface area contributed by atoms with Gasteiger partial charge in [0, 0.05) is 18.0 Å². The molecule has 1 aromatic heterocycles. The summed E-state index contributed by atoms with van der Waals surface area (Å²) in [6, 6.07) is 8.54. The first kappa shape index (κ1) is 9.60. The molecular weight excluding hydrogens is 194 g/mol. The van der Waals surface area contributed by atoms with Gasteiger partial charge in [0.1, 0.15) is 5.15 Å². The molecule has 2 rings (SSSR count). The van der Waals surface area contributed by atoms with Crippen molar-refractivity contribution < 1.29 is 0 Å². The monoisotopic (exact) mass is 207 g/mol. The predicted molar refractivity (Wildman–Crippen MR) is 62.0 cm³/mol. The Kier molecular flexibility index (Phi) is 2.28. The average molecular weight is 208 g/mol. The molecule has 0 unspecified atom stereocenters. The van der Waals surface area contributed by atoms with Crippen molar-refractivity contribution >= 4 is 22.5 Å². The van der Waals surface area contributed by atoms with Crippen molar-refractivity contribution in [2.75, 3.05) is 0 Å². The first-order valence-electron chi connectivity index (χ1n) is 4.84. The summed E-state index contributed by atoms with van der Waals surface area (Å²) in [5, 5.41) is 2.02.